The highest BCUT2D eigenvalue weighted by Crippen LogP contribution is 2.28. The molecule has 0 aliphatic heterocycles. The molecule has 3 N–H and O–H groups in total. The van der Waals surface area contributed by atoms with Crippen LogP contribution in [-0.4, -0.2) is 26.7 Å². The summed E-state index contributed by atoms with van der Waals surface area (Å²) in [7, 11) is 0. The average molecular weight is 252 g/mol. The van der Waals surface area contributed by atoms with E-state index in [1.165, 1.54) is 6.42 Å². The fourth-order valence-electron chi connectivity index (χ4n) is 2.00. The molecule has 90 valence electrons. The monoisotopic (exact) mass is 251 g/mol. The van der Waals surface area contributed by atoms with E-state index in [9.17, 15) is 0 Å². The number of halogens is 1. The molecule has 0 atom stereocenters. The van der Waals surface area contributed by atoms with Crippen molar-refractivity contribution in [3.63, 3.8) is 0 Å². The highest BCUT2D eigenvalue weighted by atomic mass is 35.5. The first-order valence-electron chi connectivity index (χ1n) is 5.69. The third kappa shape index (κ3) is 2.08. The Balaban J connectivity index is 1.76. The smallest absolute Gasteiger partial charge is 0.243 e. The van der Waals surface area contributed by atoms with Crippen LogP contribution in [0.25, 0.3) is 5.65 Å². The van der Waals surface area contributed by atoms with Crippen molar-refractivity contribution >= 4 is 23.2 Å². The summed E-state index contributed by atoms with van der Waals surface area (Å²) < 4.78 is 1.66. The predicted octanol–water partition coefficient (Wildman–Crippen LogP) is 1.68. The zero-order chi connectivity index (χ0) is 11.9. The summed E-state index contributed by atoms with van der Waals surface area (Å²) in [6.07, 6.45) is 5.08. The van der Waals surface area contributed by atoms with Crippen molar-refractivity contribution < 1.29 is 0 Å². The SMILES string of the molecule is NC1(CNc2nc3ccc(Cl)cn3n2)CCC1. The van der Waals surface area contributed by atoms with Crippen LogP contribution in [0.15, 0.2) is 18.3 Å². The van der Waals surface area contributed by atoms with Gasteiger partial charge in [-0.2, -0.15) is 4.98 Å². The maximum absolute atomic E-state index is 6.12. The van der Waals surface area contributed by atoms with Crippen LogP contribution in [0.5, 0.6) is 0 Å². The summed E-state index contributed by atoms with van der Waals surface area (Å²) in [6.45, 7) is 0.720. The molecule has 0 aromatic carbocycles. The summed E-state index contributed by atoms with van der Waals surface area (Å²) in [5.74, 6) is 0.601. The first-order valence-corrected chi connectivity index (χ1v) is 6.07. The molecule has 0 unspecified atom stereocenters. The van der Waals surface area contributed by atoms with Crippen LogP contribution < -0.4 is 11.1 Å². The Morgan fingerprint density at radius 2 is 2.29 bits per heavy atom. The highest BCUT2D eigenvalue weighted by Gasteiger charge is 2.32. The quantitative estimate of drug-likeness (QED) is 0.871. The van der Waals surface area contributed by atoms with Crippen LogP contribution in [0, 0.1) is 0 Å². The molecular weight excluding hydrogens is 238 g/mol. The van der Waals surface area contributed by atoms with E-state index < -0.39 is 0 Å². The lowest BCUT2D eigenvalue weighted by molar-refractivity contribution is 0.265. The van der Waals surface area contributed by atoms with Gasteiger partial charge in [0.1, 0.15) is 0 Å². The summed E-state index contributed by atoms with van der Waals surface area (Å²) in [6, 6.07) is 3.63. The van der Waals surface area contributed by atoms with Gasteiger partial charge in [-0.1, -0.05) is 11.6 Å². The number of rotatable bonds is 3. The number of pyridine rings is 1. The number of nitrogens with one attached hydrogen (secondary N) is 1. The van der Waals surface area contributed by atoms with E-state index in [4.69, 9.17) is 17.3 Å². The lowest BCUT2D eigenvalue weighted by Crippen LogP contribution is -2.52. The molecule has 0 spiro atoms. The molecule has 0 bridgehead atoms. The van der Waals surface area contributed by atoms with Gasteiger partial charge in [-0.25, -0.2) is 4.52 Å². The third-order valence-electron chi connectivity index (χ3n) is 3.24. The summed E-state index contributed by atoms with van der Waals surface area (Å²) >= 11 is 5.88. The fourth-order valence-corrected chi connectivity index (χ4v) is 2.15. The molecule has 0 amide bonds. The van der Waals surface area contributed by atoms with E-state index in [0.29, 0.717) is 11.0 Å². The molecule has 2 aromatic heterocycles. The van der Waals surface area contributed by atoms with E-state index >= 15 is 0 Å². The second-order valence-electron chi connectivity index (χ2n) is 4.65. The maximum Gasteiger partial charge on any atom is 0.243 e. The Labute approximate surface area is 104 Å². The van der Waals surface area contributed by atoms with E-state index in [1.807, 2.05) is 6.07 Å². The molecule has 5 nitrogen and oxygen atoms in total. The first kappa shape index (κ1) is 10.8. The molecule has 2 heterocycles. The van der Waals surface area contributed by atoms with Crippen molar-refractivity contribution in [1.29, 1.82) is 0 Å². The zero-order valence-electron chi connectivity index (χ0n) is 9.36. The van der Waals surface area contributed by atoms with E-state index in [0.717, 1.165) is 25.0 Å². The minimum absolute atomic E-state index is 0.0743. The largest absolute Gasteiger partial charge is 0.351 e. The topological polar surface area (TPSA) is 68.2 Å². The standard InChI is InChI=1S/C11H14ClN5/c12-8-2-3-9-15-10(16-17(9)6-8)14-7-11(13)4-1-5-11/h2-3,6H,1,4-5,7,13H2,(H,14,16). The van der Waals surface area contributed by atoms with Gasteiger partial charge >= 0.3 is 0 Å². The van der Waals surface area contributed by atoms with Gasteiger partial charge in [0, 0.05) is 18.3 Å². The van der Waals surface area contributed by atoms with Crippen molar-refractivity contribution in [2.75, 3.05) is 11.9 Å². The van der Waals surface area contributed by atoms with Crippen LogP contribution in [-0.2, 0) is 0 Å². The van der Waals surface area contributed by atoms with Gasteiger partial charge in [-0.15, -0.1) is 5.10 Å². The molecule has 1 saturated carbocycles. The summed E-state index contributed by atoms with van der Waals surface area (Å²) in [5, 5.41) is 8.12. The number of hydrogen-bond acceptors (Lipinski definition) is 4. The number of aromatic nitrogens is 3. The first-order chi connectivity index (χ1) is 8.15. The summed E-state index contributed by atoms with van der Waals surface area (Å²) in [4.78, 5) is 4.34. The van der Waals surface area contributed by atoms with Gasteiger partial charge in [0.2, 0.25) is 5.95 Å². The minimum atomic E-state index is -0.0743. The minimum Gasteiger partial charge on any atom is -0.351 e. The van der Waals surface area contributed by atoms with Crippen molar-refractivity contribution in [1.82, 2.24) is 14.6 Å². The normalized spacial score (nSPS) is 18.0. The molecular formula is C11H14ClN5. The number of fused-ring (bicyclic) bond motifs is 1. The molecule has 17 heavy (non-hydrogen) atoms. The Morgan fingerprint density at radius 3 is 3.00 bits per heavy atom. The second kappa shape index (κ2) is 3.85. The van der Waals surface area contributed by atoms with Gasteiger partial charge in [-0.05, 0) is 31.4 Å². The lowest BCUT2D eigenvalue weighted by Gasteiger charge is -2.37. The molecule has 6 heteroatoms. The average Bonchev–Trinajstić information content (AvgIpc) is 2.65. The molecule has 1 fully saturated rings. The van der Waals surface area contributed by atoms with Crippen LogP contribution in [0.2, 0.25) is 5.02 Å². The maximum atomic E-state index is 6.12. The van der Waals surface area contributed by atoms with Crippen molar-refractivity contribution in [2.24, 2.45) is 5.73 Å². The van der Waals surface area contributed by atoms with Gasteiger partial charge in [-0.3, -0.25) is 0 Å². The molecule has 1 aliphatic rings. The van der Waals surface area contributed by atoms with Gasteiger partial charge in [0.15, 0.2) is 5.65 Å². The number of nitrogens with two attached hydrogens (primary N) is 1. The van der Waals surface area contributed by atoms with Crippen LogP contribution >= 0.6 is 11.6 Å². The third-order valence-corrected chi connectivity index (χ3v) is 3.47. The van der Waals surface area contributed by atoms with Crippen molar-refractivity contribution in [3.8, 4) is 0 Å². The second-order valence-corrected chi connectivity index (χ2v) is 5.09. The molecule has 2 aromatic rings. The van der Waals surface area contributed by atoms with Crippen LogP contribution in [0.3, 0.4) is 0 Å². The highest BCUT2D eigenvalue weighted by molar-refractivity contribution is 6.30. The molecule has 0 saturated heterocycles. The molecule has 3 rings (SSSR count). The summed E-state index contributed by atoms with van der Waals surface area (Å²) in [5.41, 5.74) is 6.82. The van der Waals surface area contributed by atoms with Crippen LogP contribution in [0.1, 0.15) is 19.3 Å². The fraction of sp³-hybridized carbons (Fsp3) is 0.455. The van der Waals surface area contributed by atoms with Crippen molar-refractivity contribution in [2.45, 2.75) is 24.8 Å². The van der Waals surface area contributed by atoms with Gasteiger partial charge < -0.3 is 11.1 Å². The number of nitrogens with zero attached hydrogens (tertiary/aromatic N) is 3. The predicted molar refractivity (Wildman–Crippen MR) is 67.3 cm³/mol. The molecule has 1 aliphatic carbocycles. The Hall–Kier alpha value is -1.33. The Bertz CT molecular complexity index is 546. The zero-order valence-corrected chi connectivity index (χ0v) is 10.1. The van der Waals surface area contributed by atoms with E-state index in [1.54, 1.807) is 16.8 Å². The lowest BCUT2D eigenvalue weighted by atomic mass is 9.78. The number of anilines is 1. The van der Waals surface area contributed by atoms with E-state index in [-0.39, 0.29) is 5.54 Å². The van der Waals surface area contributed by atoms with Crippen LogP contribution in [0.4, 0.5) is 5.95 Å². The van der Waals surface area contributed by atoms with Crippen molar-refractivity contribution in [3.05, 3.63) is 23.4 Å². The number of hydrogen-bond donors (Lipinski definition) is 2. The Morgan fingerprint density at radius 1 is 1.47 bits per heavy atom. The van der Waals surface area contributed by atoms with Gasteiger partial charge in [0.05, 0.1) is 5.02 Å². The van der Waals surface area contributed by atoms with E-state index in [2.05, 4.69) is 15.4 Å². The Kier molecular flexibility index (Phi) is 2.45. The van der Waals surface area contributed by atoms with Gasteiger partial charge in [0.25, 0.3) is 0 Å². The molecule has 0 radical (unpaired) electrons.